The molecule has 0 saturated carbocycles. The summed E-state index contributed by atoms with van der Waals surface area (Å²) in [4.78, 5) is 3.27. The second kappa shape index (κ2) is 4.50. The highest BCUT2D eigenvalue weighted by Gasteiger charge is 2.18. The number of aryl methyl sites for hydroxylation is 1. The normalized spacial score (nSPS) is 13.1. The number of halogens is 1. The summed E-state index contributed by atoms with van der Waals surface area (Å²) >= 11 is 3.93. The van der Waals surface area contributed by atoms with Gasteiger partial charge in [-0.3, -0.25) is 0 Å². The van der Waals surface area contributed by atoms with Crippen LogP contribution in [0.25, 0.3) is 0 Å². The van der Waals surface area contributed by atoms with Gasteiger partial charge in [0.2, 0.25) is 0 Å². The first-order valence-corrected chi connectivity index (χ1v) is 7.04. The van der Waals surface area contributed by atoms with E-state index in [9.17, 15) is 5.11 Å². The maximum absolute atomic E-state index is 10.3. The first-order valence-electron chi connectivity index (χ1n) is 5.08. The van der Waals surface area contributed by atoms with E-state index in [1.165, 1.54) is 8.45 Å². The van der Waals surface area contributed by atoms with E-state index in [2.05, 4.69) is 41.4 Å². The molecule has 0 aliphatic rings. The van der Waals surface area contributed by atoms with Crippen molar-refractivity contribution in [3.05, 3.63) is 42.4 Å². The molecule has 0 amide bonds. The van der Waals surface area contributed by atoms with Gasteiger partial charge < -0.3 is 10.1 Å². The lowest BCUT2D eigenvalue weighted by atomic mass is 10.1. The van der Waals surface area contributed by atoms with Crippen molar-refractivity contribution in [2.45, 2.75) is 26.9 Å². The summed E-state index contributed by atoms with van der Waals surface area (Å²) in [6.07, 6.45) is -0.535. The van der Waals surface area contributed by atoms with Crippen LogP contribution < -0.4 is 0 Å². The number of aliphatic hydroxyl groups excluding tert-OH is 1. The summed E-state index contributed by atoms with van der Waals surface area (Å²) in [5, 5.41) is 12.3. The van der Waals surface area contributed by atoms with E-state index in [4.69, 9.17) is 0 Å². The van der Waals surface area contributed by atoms with Gasteiger partial charge in [0.15, 0.2) is 0 Å². The summed E-state index contributed by atoms with van der Waals surface area (Å²) in [7, 11) is 0. The highest BCUT2D eigenvalue weighted by atomic mass is 127. The van der Waals surface area contributed by atoms with Crippen molar-refractivity contribution in [3.8, 4) is 0 Å². The smallest absolute Gasteiger partial charge is 0.120 e. The maximum Gasteiger partial charge on any atom is 0.120 e. The average molecular weight is 347 g/mol. The van der Waals surface area contributed by atoms with Crippen molar-refractivity contribution in [1.29, 1.82) is 0 Å². The minimum atomic E-state index is -0.535. The first kappa shape index (κ1) is 12.1. The number of rotatable bonds is 2. The fraction of sp³-hybridized carbons (Fsp3) is 0.333. The van der Waals surface area contributed by atoms with Gasteiger partial charge in [-0.25, -0.2) is 0 Å². The maximum atomic E-state index is 10.3. The van der Waals surface area contributed by atoms with E-state index >= 15 is 0 Å². The minimum Gasteiger partial charge on any atom is -0.382 e. The zero-order valence-corrected chi connectivity index (χ0v) is 12.4. The number of aliphatic hydroxyl groups is 1. The van der Waals surface area contributed by atoms with Gasteiger partial charge in [0.25, 0.3) is 0 Å². The number of aromatic nitrogens is 1. The molecule has 86 valence electrons. The Morgan fingerprint density at radius 1 is 1.31 bits per heavy atom. The fourth-order valence-electron chi connectivity index (χ4n) is 1.78. The van der Waals surface area contributed by atoms with Crippen molar-refractivity contribution >= 4 is 33.9 Å². The molecule has 2 N–H and O–H groups in total. The van der Waals surface area contributed by atoms with Gasteiger partial charge in [-0.2, -0.15) is 0 Å². The third-order valence-electron chi connectivity index (χ3n) is 3.03. The van der Waals surface area contributed by atoms with Crippen LogP contribution in [-0.2, 0) is 0 Å². The quantitative estimate of drug-likeness (QED) is 0.799. The van der Waals surface area contributed by atoms with Crippen LogP contribution in [0.1, 0.15) is 34.2 Å². The van der Waals surface area contributed by atoms with Crippen LogP contribution >= 0.6 is 33.9 Å². The Bertz CT molecular complexity index is 515. The number of aromatic amines is 1. The van der Waals surface area contributed by atoms with Gasteiger partial charge in [-0.15, -0.1) is 11.3 Å². The Kier molecular flexibility index (Phi) is 3.42. The third-order valence-corrected chi connectivity index (χ3v) is 4.84. The zero-order chi connectivity index (χ0) is 11.9. The van der Waals surface area contributed by atoms with Crippen LogP contribution in [0.15, 0.2) is 11.4 Å². The largest absolute Gasteiger partial charge is 0.382 e. The highest BCUT2D eigenvalue weighted by molar-refractivity contribution is 14.1. The first-order chi connectivity index (χ1) is 7.50. The van der Waals surface area contributed by atoms with E-state index in [1.54, 1.807) is 11.3 Å². The SMILES string of the molecule is Cc1[nH]c(C(O)c2csc(I)c2)c(C)c1C. The van der Waals surface area contributed by atoms with Gasteiger partial charge in [0.05, 0.1) is 8.58 Å². The number of thiophene rings is 1. The third kappa shape index (κ3) is 2.06. The Hall–Kier alpha value is -0.330. The lowest BCUT2D eigenvalue weighted by Gasteiger charge is -2.08. The van der Waals surface area contributed by atoms with Crippen molar-refractivity contribution in [1.82, 2.24) is 4.98 Å². The summed E-state index contributed by atoms with van der Waals surface area (Å²) in [5.74, 6) is 0. The fourth-order valence-corrected chi connectivity index (χ4v) is 3.17. The predicted octanol–water partition coefficient (Wildman–Crippen LogP) is 3.69. The number of nitrogens with one attached hydrogen (secondary N) is 1. The van der Waals surface area contributed by atoms with E-state index in [0.29, 0.717) is 0 Å². The van der Waals surface area contributed by atoms with Gasteiger partial charge in [0.1, 0.15) is 6.10 Å². The molecule has 2 nitrogen and oxygen atoms in total. The molecule has 0 aliphatic carbocycles. The highest BCUT2D eigenvalue weighted by Crippen LogP contribution is 2.30. The van der Waals surface area contributed by atoms with E-state index in [-0.39, 0.29) is 0 Å². The number of hydrogen-bond donors (Lipinski definition) is 2. The molecule has 1 unspecified atom stereocenters. The lowest BCUT2D eigenvalue weighted by Crippen LogP contribution is -2.00. The molecule has 2 rings (SSSR count). The van der Waals surface area contributed by atoms with Crippen LogP contribution in [0.2, 0.25) is 0 Å². The van der Waals surface area contributed by atoms with Crippen LogP contribution in [0.3, 0.4) is 0 Å². The van der Waals surface area contributed by atoms with Gasteiger partial charge in [-0.1, -0.05) is 0 Å². The average Bonchev–Trinajstić information content (AvgIpc) is 2.78. The summed E-state index contributed by atoms with van der Waals surface area (Å²) < 4.78 is 1.20. The van der Waals surface area contributed by atoms with Crippen LogP contribution in [0.4, 0.5) is 0 Å². The predicted molar refractivity (Wildman–Crippen MR) is 76.1 cm³/mol. The van der Waals surface area contributed by atoms with Gasteiger partial charge in [-0.05, 0) is 71.5 Å². The molecule has 2 aromatic rings. The van der Waals surface area contributed by atoms with E-state index in [1.807, 2.05) is 18.4 Å². The Morgan fingerprint density at radius 2 is 2.00 bits per heavy atom. The standard InChI is InChI=1S/C12H14INOS/c1-6-7(2)11(14-8(6)3)12(15)9-4-10(13)16-5-9/h4-5,12,14-15H,1-3H3. The Morgan fingerprint density at radius 3 is 2.44 bits per heavy atom. The molecule has 0 bridgehead atoms. The Labute approximate surface area is 113 Å². The van der Waals surface area contributed by atoms with Crippen molar-refractivity contribution in [2.75, 3.05) is 0 Å². The van der Waals surface area contributed by atoms with Crippen LogP contribution in [-0.4, -0.2) is 10.1 Å². The molecule has 0 fully saturated rings. The van der Waals surface area contributed by atoms with E-state index in [0.717, 1.165) is 22.5 Å². The minimum absolute atomic E-state index is 0.535. The second-order valence-corrected chi connectivity index (χ2v) is 6.81. The molecule has 2 aromatic heterocycles. The van der Waals surface area contributed by atoms with Crippen molar-refractivity contribution in [2.24, 2.45) is 0 Å². The van der Waals surface area contributed by atoms with Gasteiger partial charge >= 0.3 is 0 Å². The summed E-state index contributed by atoms with van der Waals surface area (Å²) in [6, 6.07) is 2.03. The van der Waals surface area contributed by atoms with Crippen LogP contribution in [0.5, 0.6) is 0 Å². The molecular weight excluding hydrogens is 333 g/mol. The van der Waals surface area contributed by atoms with Gasteiger partial charge in [0, 0.05) is 5.69 Å². The molecular formula is C12H14INOS. The van der Waals surface area contributed by atoms with Crippen molar-refractivity contribution < 1.29 is 5.11 Å². The molecule has 0 aliphatic heterocycles. The molecule has 0 aromatic carbocycles. The number of hydrogen-bond acceptors (Lipinski definition) is 2. The molecule has 0 radical (unpaired) electrons. The molecule has 2 heterocycles. The molecule has 0 spiro atoms. The van der Waals surface area contributed by atoms with E-state index < -0.39 is 6.10 Å². The number of H-pyrrole nitrogens is 1. The second-order valence-electron chi connectivity index (χ2n) is 4.00. The summed E-state index contributed by atoms with van der Waals surface area (Å²) in [6.45, 7) is 6.17. The topological polar surface area (TPSA) is 36.0 Å². The molecule has 4 heteroatoms. The zero-order valence-electron chi connectivity index (χ0n) is 9.47. The Balaban J connectivity index is 2.41. The monoisotopic (exact) mass is 347 g/mol. The molecule has 0 saturated heterocycles. The lowest BCUT2D eigenvalue weighted by molar-refractivity contribution is 0.215. The summed E-state index contributed by atoms with van der Waals surface area (Å²) in [5.41, 5.74) is 5.42. The molecule has 1 atom stereocenters. The van der Waals surface area contributed by atoms with Crippen LogP contribution in [0, 0.1) is 23.7 Å². The van der Waals surface area contributed by atoms with Crippen molar-refractivity contribution in [3.63, 3.8) is 0 Å². The molecule has 16 heavy (non-hydrogen) atoms.